The zero-order valence-corrected chi connectivity index (χ0v) is 13.7. The van der Waals surface area contributed by atoms with Crippen LogP contribution >= 0.6 is 0 Å². The van der Waals surface area contributed by atoms with E-state index in [1.807, 2.05) is 30.3 Å². The molecule has 2 aromatic carbocycles. The molecule has 25 heavy (non-hydrogen) atoms. The molecular formula is C19H20FN3O2. The first-order chi connectivity index (χ1) is 12.1. The van der Waals surface area contributed by atoms with Crippen LogP contribution in [0.1, 0.15) is 18.4 Å². The second kappa shape index (κ2) is 7.79. The van der Waals surface area contributed by atoms with Gasteiger partial charge in [-0.3, -0.25) is 4.79 Å². The van der Waals surface area contributed by atoms with Crippen molar-refractivity contribution < 1.29 is 14.0 Å². The van der Waals surface area contributed by atoms with Gasteiger partial charge in [0.25, 0.3) is 0 Å². The normalized spacial score (nSPS) is 17.2. The molecule has 3 rings (SSSR count). The van der Waals surface area contributed by atoms with Gasteiger partial charge in [-0.05, 0) is 30.5 Å². The zero-order valence-electron chi connectivity index (χ0n) is 13.7. The molecule has 0 spiro atoms. The van der Waals surface area contributed by atoms with Crippen LogP contribution in [0, 0.1) is 5.82 Å². The van der Waals surface area contributed by atoms with Gasteiger partial charge in [-0.1, -0.05) is 42.5 Å². The number of carbonyl (C=O) groups is 2. The summed E-state index contributed by atoms with van der Waals surface area (Å²) in [7, 11) is 0. The number of hydrogen-bond donors (Lipinski definition) is 2. The third kappa shape index (κ3) is 4.35. The van der Waals surface area contributed by atoms with Crippen LogP contribution in [0.3, 0.4) is 0 Å². The second-order valence-corrected chi connectivity index (χ2v) is 6.02. The molecule has 0 radical (unpaired) electrons. The third-order valence-electron chi connectivity index (χ3n) is 4.17. The second-order valence-electron chi connectivity index (χ2n) is 6.02. The number of urea groups is 1. The van der Waals surface area contributed by atoms with Gasteiger partial charge in [0.05, 0.1) is 5.69 Å². The van der Waals surface area contributed by atoms with Crippen LogP contribution in [0.15, 0.2) is 54.6 Å². The first-order valence-electron chi connectivity index (χ1n) is 8.28. The maximum Gasteiger partial charge on any atom is 0.319 e. The lowest BCUT2D eigenvalue weighted by Gasteiger charge is -2.32. The lowest BCUT2D eigenvalue weighted by atomic mass is 10.0. The zero-order chi connectivity index (χ0) is 17.6. The van der Waals surface area contributed by atoms with Crippen molar-refractivity contribution >= 4 is 17.6 Å². The third-order valence-corrected chi connectivity index (χ3v) is 4.17. The Hall–Kier alpha value is -2.89. The van der Waals surface area contributed by atoms with E-state index in [0.29, 0.717) is 19.5 Å². The van der Waals surface area contributed by atoms with E-state index < -0.39 is 17.9 Å². The van der Waals surface area contributed by atoms with Gasteiger partial charge in [-0.2, -0.15) is 0 Å². The van der Waals surface area contributed by atoms with E-state index in [4.69, 9.17) is 0 Å². The van der Waals surface area contributed by atoms with Crippen molar-refractivity contribution in [2.24, 2.45) is 0 Å². The van der Waals surface area contributed by atoms with Crippen molar-refractivity contribution in [3.05, 3.63) is 66.0 Å². The van der Waals surface area contributed by atoms with Crippen molar-refractivity contribution in [1.29, 1.82) is 0 Å². The summed E-state index contributed by atoms with van der Waals surface area (Å²) in [6, 6.07) is 14.5. The quantitative estimate of drug-likeness (QED) is 0.897. The van der Waals surface area contributed by atoms with Crippen LogP contribution in [0.25, 0.3) is 0 Å². The molecule has 1 aliphatic heterocycles. The molecule has 2 N–H and O–H groups in total. The number of anilines is 1. The number of likely N-dealkylation sites (tertiary alicyclic amines) is 1. The Morgan fingerprint density at radius 1 is 1.12 bits per heavy atom. The number of nitrogens with zero attached hydrogens (tertiary/aromatic N) is 1. The number of para-hydroxylation sites is 1. The first kappa shape index (κ1) is 17.0. The Morgan fingerprint density at radius 2 is 1.84 bits per heavy atom. The summed E-state index contributed by atoms with van der Waals surface area (Å²) in [5.74, 6) is -0.628. The smallest absolute Gasteiger partial charge is 0.319 e. The minimum atomic E-state index is -0.593. The molecule has 0 aromatic heterocycles. The predicted octanol–water partition coefficient (Wildman–Crippen LogP) is 3.14. The van der Waals surface area contributed by atoms with Gasteiger partial charge in [-0.25, -0.2) is 9.18 Å². The molecule has 1 saturated heterocycles. The minimum Gasteiger partial charge on any atom is -0.337 e. The van der Waals surface area contributed by atoms with Crippen molar-refractivity contribution in [3.8, 4) is 0 Å². The molecule has 1 unspecified atom stereocenters. The molecule has 0 aliphatic carbocycles. The summed E-state index contributed by atoms with van der Waals surface area (Å²) in [5, 5.41) is 5.10. The van der Waals surface area contributed by atoms with E-state index >= 15 is 0 Å². The fourth-order valence-corrected chi connectivity index (χ4v) is 2.91. The molecule has 1 aliphatic rings. The molecule has 5 nitrogen and oxygen atoms in total. The highest BCUT2D eigenvalue weighted by atomic mass is 19.1. The van der Waals surface area contributed by atoms with E-state index in [-0.39, 0.29) is 11.6 Å². The monoisotopic (exact) mass is 341 g/mol. The van der Waals surface area contributed by atoms with Gasteiger partial charge in [0.1, 0.15) is 11.9 Å². The number of rotatable bonds is 4. The van der Waals surface area contributed by atoms with Gasteiger partial charge in [0.2, 0.25) is 5.91 Å². The summed E-state index contributed by atoms with van der Waals surface area (Å²) in [6.45, 7) is 1.19. The van der Waals surface area contributed by atoms with Crippen molar-refractivity contribution in [2.45, 2.75) is 25.4 Å². The lowest BCUT2D eigenvalue weighted by Crippen LogP contribution is -2.52. The van der Waals surface area contributed by atoms with Gasteiger partial charge in [-0.15, -0.1) is 0 Å². The van der Waals surface area contributed by atoms with Crippen molar-refractivity contribution in [3.63, 3.8) is 0 Å². The molecule has 3 amide bonds. The topological polar surface area (TPSA) is 61.4 Å². The summed E-state index contributed by atoms with van der Waals surface area (Å²) >= 11 is 0. The Morgan fingerprint density at radius 3 is 2.60 bits per heavy atom. The van der Waals surface area contributed by atoms with Gasteiger partial charge >= 0.3 is 6.03 Å². The van der Waals surface area contributed by atoms with E-state index in [0.717, 1.165) is 12.0 Å². The summed E-state index contributed by atoms with van der Waals surface area (Å²) in [4.78, 5) is 26.4. The summed E-state index contributed by atoms with van der Waals surface area (Å²) < 4.78 is 13.6. The average molecular weight is 341 g/mol. The van der Waals surface area contributed by atoms with Gasteiger partial charge in [0, 0.05) is 13.1 Å². The number of piperidine rings is 1. The molecule has 1 atom stereocenters. The van der Waals surface area contributed by atoms with Crippen molar-refractivity contribution in [1.82, 2.24) is 10.2 Å². The van der Waals surface area contributed by atoms with Crippen molar-refractivity contribution in [2.75, 3.05) is 11.9 Å². The number of halogens is 1. The summed E-state index contributed by atoms with van der Waals surface area (Å²) in [6.07, 6.45) is 1.39. The standard InChI is InChI=1S/C19H20FN3O2/c20-15-9-4-5-10-16(15)21-19(25)22-17-11-6-12-23(18(17)24)13-14-7-2-1-3-8-14/h1-5,7-10,17H,6,11-13H2,(H2,21,22,25). The number of carbonyl (C=O) groups excluding carboxylic acids is 2. The van der Waals surface area contributed by atoms with E-state index in [9.17, 15) is 14.0 Å². The van der Waals surface area contributed by atoms with E-state index in [1.54, 1.807) is 17.0 Å². The molecule has 1 heterocycles. The fourth-order valence-electron chi connectivity index (χ4n) is 2.91. The Labute approximate surface area is 145 Å². The van der Waals surface area contributed by atoms with Crippen LogP contribution in [0.2, 0.25) is 0 Å². The number of amides is 3. The Balaban J connectivity index is 1.59. The van der Waals surface area contributed by atoms with E-state index in [1.165, 1.54) is 12.1 Å². The molecule has 1 fully saturated rings. The van der Waals surface area contributed by atoms with Crippen LogP contribution in [0.5, 0.6) is 0 Å². The number of nitrogens with one attached hydrogen (secondary N) is 2. The predicted molar refractivity (Wildman–Crippen MR) is 93.4 cm³/mol. The highest BCUT2D eigenvalue weighted by molar-refractivity contribution is 5.94. The molecule has 2 aromatic rings. The highest BCUT2D eigenvalue weighted by Gasteiger charge is 2.29. The molecule has 0 bridgehead atoms. The van der Waals surface area contributed by atoms with E-state index in [2.05, 4.69) is 10.6 Å². The fraction of sp³-hybridized carbons (Fsp3) is 0.263. The lowest BCUT2D eigenvalue weighted by molar-refractivity contribution is -0.136. The molecule has 6 heteroatoms. The number of benzene rings is 2. The van der Waals surface area contributed by atoms with Gasteiger partial charge < -0.3 is 15.5 Å². The van der Waals surface area contributed by atoms with Crippen LogP contribution < -0.4 is 10.6 Å². The number of hydrogen-bond acceptors (Lipinski definition) is 2. The molecule has 0 saturated carbocycles. The SMILES string of the molecule is O=C(Nc1ccccc1F)NC1CCCN(Cc2ccccc2)C1=O. The maximum atomic E-state index is 13.6. The first-order valence-corrected chi connectivity index (χ1v) is 8.28. The highest BCUT2D eigenvalue weighted by Crippen LogP contribution is 2.16. The maximum absolute atomic E-state index is 13.6. The Kier molecular flexibility index (Phi) is 5.28. The van der Waals surface area contributed by atoms with Gasteiger partial charge in [0.15, 0.2) is 0 Å². The summed E-state index contributed by atoms with van der Waals surface area (Å²) in [5.41, 5.74) is 1.14. The van der Waals surface area contributed by atoms with Crippen LogP contribution in [-0.4, -0.2) is 29.4 Å². The van der Waals surface area contributed by atoms with Crippen LogP contribution in [0.4, 0.5) is 14.9 Å². The molecule has 130 valence electrons. The molecular weight excluding hydrogens is 321 g/mol. The largest absolute Gasteiger partial charge is 0.337 e. The van der Waals surface area contributed by atoms with Crippen LogP contribution in [-0.2, 0) is 11.3 Å². The Bertz CT molecular complexity index is 751. The average Bonchev–Trinajstić information content (AvgIpc) is 2.61. The minimum absolute atomic E-state index is 0.0874.